The Labute approximate surface area is 112 Å². The van der Waals surface area contributed by atoms with Gasteiger partial charge < -0.3 is 10.5 Å². The fourth-order valence-electron chi connectivity index (χ4n) is 1.15. The molecule has 2 N–H and O–H groups in total. The minimum atomic E-state index is -0.230. The molecular formula is C13H18N2O2S. The maximum Gasteiger partial charge on any atom is 0.309 e. The van der Waals surface area contributed by atoms with E-state index in [1.807, 2.05) is 31.2 Å². The van der Waals surface area contributed by atoms with E-state index in [2.05, 4.69) is 4.99 Å². The molecule has 1 rings (SSSR count). The van der Waals surface area contributed by atoms with Gasteiger partial charge in [0.1, 0.15) is 5.94 Å². The number of ether oxygens (including phenoxy) is 1. The number of nitrogens with zero attached hydrogens (tertiary/aromatic N) is 1. The summed E-state index contributed by atoms with van der Waals surface area (Å²) < 4.78 is 5.01. The lowest BCUT2D eigenvalue weighted by Crippen LogP contribution is -2.14. The van der Waals surface area contributed by atoms with Crippen LogP contribution in [0.25, 0.3) is 0 Å². The monoisotopic (exact) mass is 266 g/mol. The zero-order valence-corrected chi connectivity index (χ0v) is 11.7. The highest BCUT2D eigenvalue weighted by molar-refractivity contribution is 8.13. The van der Waals surface area contributed by atoms with E-state index in [-0.39, 0.29) is 17.8 Å². The van der Waals surface area contributed by atoms with Crippen LogP contribution in [0.4, 0.5) is 5.69 Å². The van der Waals surface area contributed by atoms with Crippen LogP contribution in [0.15, 0.2) is 29.3 Å². The summed E-state index contributed by atoms with van der Waals surface area (Å²) in [6.45, 7) is 5.55. The number of hydrogen-bond acceptors (Lipinski definition) is 4. The largest absolute Gasteiger partial charge is 0.454 e. The first-order valence-corrected chi connectivity index (χ1v) is 6.68. The number of carbonyl (C=O) groups is 1. The number of nitrogens with two attached hydrogens (primary N) is 1. The van der Waals surface area contributed by atoms with Gasteiger partial charge in [-0.3, -0.25) is 4.79 Å². The average molecular weight is 266 g/mol. The molecule has 0 saturated carbocycles. The van der Waals surface area contributed by atoms with Crippen LogP contribution in [-0.2, 0) is 9.53 Å². The van der Waals surface area contributed by atoms with Crippen molar-refractivity contribution < 1.29 is 9.53 Å². The van der Waals surface area contributed by atoms with Gasteiger partial charge in [0.25, 0.3) is 0 Å². The number of para-hydroxylation sites is 1. The van der Waals surface area contributed by atoms with Gasteiger partial charge in [0.2, 0.25) is 0 Å². The number of carbonyl (C=O) groups excluding carboxylic acids is 1. The molecule has 0 fully saturated rings. The van der Waals surface area contributed by atoms with Gasteiger partial charge in [-0.1, -0.05) is 32.0 Å². The molecular weight excluding hydrogens is 248 g/mol. The third-order valence-electron chi connectivity index (χ3n) is 2.23. The Kier molecular flexibility index (Phi) is 5.71. The van der Waals surface area contributed by atoms with Gasteiger partial charge in [-0.05, 0) is 30.3 Å². The van der Waals surface area contributed by atoms with Crippen molar-refractivity contribution in [3.8, 4) is 0 Å². The van der Waals surface area contributed by atoms with Crippen molar-refractivity contribution in [2.45, 2.75) is 20.8 Å². The number of amidine groups is 1. The molecule has 0 aliphatic heterocycles. The smallest absolute Gasteiger partial charge is 0.309 e. The molecule has 0 aliphatic rings. The number of thioether (sulfide) groups is 1. The molecule has 0 unspecified atom stereocenters. The van der Waals surface area contributed by atoms with Crippen LogP contribution in [0, 0.1) is 12.8 Å². The molecule has 1 aromatic rings. The highest BCUT2D eigenvalue weighted by Gasteiger charge is 2.08. The second-order valence-electron chi connectivity index (χ2n) is 4.12. The van der Waals surface area contributed by atoms with Crippen LogP contribution >= 0.6 is 11.8 Å². The van der Waals surface area contributed by atoms with E-state index in [1.54, 1.807) is 13.8 Å². The quantitative estimate of drug-likeness (QED) is 0.394. The van der Waals surface area contributed by atoms with Crippen LogP contribution in [0.1, 0.15) is 19.4 Å². The summed E-state index contributed by atoms with van der Waals surface area (Å²) in [4.78, 5) is 15.5. The van der Waals surface area contributed by atoms with Crippen molar-refractivity contribution >= 4 is 28.6 Å². The van der Waals surface area contributed by atoms with E-state index in [4.69, 9.17) is 10.5 Å². The number of hydrogen-bond donors (Lipinski definition) is 1. The normalized spacial score (nSPS) is 11.7. The third kappa shape index (κ3) is 4.79. The maximum absolute atomic E-state index is 11.2. The molecule has 0 radical (unpaired) electrons. The third-order valence-corrected chi connectivity index (χ3v) is 2.85. The van der Waals surface area contributed by atoms with Crippen LogP contribution < -0.4 is 5.73 Å². The summed E-state index contributed by atoms with van der Waals surface area (Å²) in [5, 5.41) is 0.390. The fraction of sp³-hybridized carbons (Fsp3) is 0.385. The Balaban J connectivity index is 2.49. The number of benzene rings is 1. The van der Waals surface area contributed by atoms with Gasteiger partial charge in [-0.25, -0.2) is 4.99 Å². The summed E-state index contributed by atoms with van der Waals surface area (Å²) in [7, 11) is 0. The lowest BCUT2D eigenvalue weighted by atomic mass is 10.2. The zero-order valence-electron chi connectivity index (χ0n) is 10.8. The van der Waals surface area contributed by atoms with Gasteiger partial charge in [0, 0.05) is 0 Å². The molecule has 0 amide bonds. The SMILES string of the molecule is Cc1ccccc1N=C(N)SCOC(=O)C(C)C. The second kappa shape index (κ2) is 7.06. The van der Waals surface area contributed by atoms with E-state index in [0.29, 0.717) is 5.17 Å². The molecule has 0 spiro atoms. The highest BCUT2D eigenvalue weighted by atomic mass is 32.2. The van der Waals surface area contributed by atoms with Crippen LogP contribution in [0.2, 0.25) is 0 Å². The molecule has 0 aromatic heterocycles. The van der Waals surface area contributed by atoms with E-state index >= 15 is 0 Å². The van der Waals surface area contributed by atoms with E-state index in [1.165, 1.54) is 11.8 Å². The first-order valence-electron chi connectivity index (χ1n) is 5.70. The molecule has 0 atom stereocenters. The summed E-state index contributed by atoms with van der Waals surface area (Å²) in [6, 6.07) is 7.71. The van der Waals surface area contributed by atoms with Gasteiger partial charge in [-0.15, -0.1) is 0 Å². The summed E-state index contributed by atoms with van der Waals surface area (Å²) >= 11 is 1.21. The van der Waals surface area contributed by atoms with Crippen LogP contribution in [0.3, 0.4) is 0 Å². The first kappa shape index (κ1) is 14.6. The van der Waals surface area contributed by atoms with Crippen molar-refractivity contribution in [2.24, 2.45) is 16.6 Å². The lowest BCUT2D eigenvalue weighted by Gasteiger charge is -2.06. The molecule has 0 heterocycles. The maximum atomic E-state index is 11.2. The molecule has 0 saturated heterocycles. The molecule has 98 valence electrons. The van der Waals surface area contributed by atoms with Gasteiger partial charge >= 0.3 is 5.97 Å². The van der Waals surface area contributed by atoms with E-state index < -0.39 is 0 Å². The van der Waals surface area contributed by atoms with Crippen molar-refractivity contribution in [3.05, 3.63) is 29.8 Å². The van der Waals surface area contributed by atoms with Gasteiger partial charge in [0.05, 0.1) is 11.6 Å². The topological polar surface area (TPSA) is 64.7 Å². The molecule has 0 aliphatic carbocycles. The number of aliphatic imine (C=N–C) groups is 1. The Morgan fingerprint density at radius 1 is 1.44 bits per heavy atom. The predicted octanol–water partition coefficient (Wildman–Crippen LogP) is 2.83. The summed E-state index contributed by atoms with van der Waals surface area (Å²) in [5.74, 6) is -0.163. The van der Waals surface area contributed by atoms with E-state index in [9.17, 15) is 4.79 Å². The van der Waals surface area contributed by atoms with Crippen LogP contribution in [-0.4, -0.2) is 17.1 Å². The Hall–Kier alpha value is -1.49. The summed E-state index contributed by atoms with van der Waals surface area (Å²) in [5.41, 5.74) is 7.65. The molecule has 1 aromatic carbocycles. The van der Waals surface area contributed by atoms with Crippen molar-refractivity contribution in [2.75, 3.05) is 5.94 Å². The summed E-state index contributed by atoms with van der Waals surface area (Å²) in [6.07, 6.45) is 0. The second-order valence-corrected chi connectivity index (χ2v) is 5.06. The zero-order chi connectivity index (χ0) is 13.5. The fourth-order valence-corrected chi connectivity index (χ4v) is 1.61. The van der Waals surface area contributed by atoms with Crippen LogP contribution in [0.5, 0.6) is 0 Å². The average Bonchev–Trinajstić information content (AvgIpc) is 2.32. The Morgan fingerprint density at radius 3 is 2.72 bits per heavy atom. The predicted molar refractivity (Wildman–Crippen MR) is 75.8 cm³/mol. The van der Waals surface area contributed by atoms with Crippen molar-refractivity contribution in [1.82, 2.24) is 0 Å². The number of rotatable bonds is 4. The standard InChI is InChI=1S/C13H18N2O2S/c1-9(2)12(16)17-8-18-13(14)15-11-7-5-4-6-10(11)3/h4-7,9H,8H2,1-3H3,(H2,14,15). The van der Waals surface area contributed by atoms with Crippen molar-refractivity contribution in [1.29, 1.82) is 0 Å². The van der Waals surface area contributed by atoms with Gasteiger partial charge in [-0.2, -0.15) is 0 Å². The minimum Gasteiger partial charge on any atom is -0.454 e. The highest BCUT2D eigenvalue weighted by Crippen LogP contribution is 2.18. The molecule has 18 heavy (non-hydrogen) atoms. The first-order chi connectivity index (χ1) is 8.50. The van der Waals surface area contributed by atoms with Crippen molar-refractivity contribution in [3.63, 3.8) is 0 Å². The number of esters is 1. The molecule has 0 bridgehead atoms. The molecule has 5 heteroatoms. The Morgan fingerprint density at radius 2 is 2.11 bits per heavy atom. The lowest BCUT2D eigenvalue weighted by molar-refractivity contribution is -0.144. The minimum absolute atomic E-state index is 0.125. The number of aryl methyl sites for hydroxylation is 1. The molecule has 4 nitrogen and oxygen atoms in total. The van der Waals surface area contributed by atoms with Gasteiger partial charge in [0.15, 0.2) is 5.17 Å². The van der Waals surface area contributed by atoms with E-state index in [0.717, 1.165) is 11.3 Å². The Bertz CT molecular complexity index is 444.